The molecule has 34 heavy (non-hydrogen) atoms. The van der Waals surface area contributed by atoms with Crippen molar-refractivity contribution in [1.29, 1.82) is 0 Å². The molecular weight excluding hydrogens is 458 g/mol. The van der Waals surface area contributed by atoms with Gasteiger partial charge in [0.2, 0.25) is 5.91 Å². The third kappa shape index (κ3) is 6.48. The first kappa shape index (κ1) is 24.6. The third-order valence-corrected chi connectivity index (χ3v) is 6.22. The van der Waals surface area contributed by atoms with Crippen LogP contribution in [0.15, 0.2) is 77.7 Å². The zero-order chi connectivity index (χ0) is 24.6. The molecule has 0 bridgehead atoms. The summed E-state index contributed by atoms with van der Waals surface area (Å²) >= 11 is 0. The van der Waals surface area contributed by atoms with Gasteiger partial charge in [0, 0.05) is 12.1 Å². The summed E-state index contributed by atoms with van der Waals surface area (Å²) in [6.07, 6.45) is 0. The molecule has 0 aliphatic carbocycles. The highest BCUT2D eigenvalue weighted by Gasteiger charge is 2.17. The Kier molecular flexibility index (Phi) is 8.10. The average molecular weight is 484 g/mol. The number of sulfonamides is 1. The summed E-state index contributed by atoms with van der Waals surface area (Å²) in [4.78, 5) is 24.4. The van der Waals surface area contributed by atoms with Gasteiger partial charge in [-0.25, -0.2) is 8.42 Å². The molecule has 0 aliphatic rings. The minimum absolute atomic E-state index is 0.0211. The second-order valence-corrected chi connectivity index (χ2v) is 8.82. The van der Waals surface area contributed by atoms with E-state index in [0.717, 1.165) is 11.3 Å². The quantitative estimate of drug-likeness (QED) is 0.407. The highest BCUT2D eigenvalue weighted by molar-refractivity contribution is 7.92. The molecule has 178 valence electrons. The summed E-state index contributed by atoms with van der Waals surface area (Å²) in [5.41, 5.74) is 1.41. The minimum Gasteiger partial charge on any atom is -0.497 e. The molecule has 0 fully saturated rings. The summed E-state index contributed by atoms with van der Waals surface area (Å²) in [5, 5.41) is 5.23. The molecule has 9 nitrogen and oxygen atoms in total. The molecule has 3 aromatic carbocycles. The monoisotopic (exact) mass is 483 g/mol. The number of hydrogen-bond acceptors (Lipinski definition) is 6. The van der Waals surface area contributed by atoms with Gasteiger partial charge in [0.1, 0.15) is 11.5 Å². The number of ether oxygens (including phenoxy) is 2. The van der Waals surface area contributed by atoms with Crippen molar-refractivity contribution in [3.63, 3.8) is 0 Å². The highest BCUT2D eigenvalue weighted by atomic mass is 32.2. The van der Waals surface area contributed by atoms with E-state index in [9.17, 15) is 18.0 Å². The summed E-state index contributed by atoms with van der Waals surface area (Å²) in [5.74, 6) is 0.245. The van der Waals surface area contributed by atoms with Crippen LogP contribution in [0.3, 0.4) is 0 Å². The molecule has 0 aliphatic heterocycles. The lowest BCUT2D eigenvalue weighted by Gasteiger charge is -2.12. The van der Waals surface area contributed by atoms with Gasteiger partial charge in [-0.1, -0.05) is 24.3 Å². The van der Waals surface area contributed by atoms with Crippen LogP contribution >= 0.6 is 0 Å². The number of nitrogens with one attached hydrogen (secondary N) is 3. The van der Waals surface area contributed by atoms with Gasteiger partial charge in [0.05, 0.1) is 31.3 Å². The Labute approximate surface area is 198 Å². The SMILES string of the molecule is COc1ccc(CNC(=O)CNC(=O)c2ccc(S(=O)(=O)Nc3ccccc3OC)cc2)cc1. The maximum absolute atomic E-state index is 12.7. The normalized spacial score (nSPS) is 10.8. The molecule has 3 rings (SSSR count). The molecule has 0 radical (unpaired) electrons. The van der Waals surface area contributed by atoms with Gasteiger partial charge in [-0.2, -0.15) is 0 Å². The van der Waals surface area contributed by atoms with E-state index in [1.807, 2.05) is 12.1 Å². The van der Waals surface area contributed by atoms with E-state index in [4.69, 9.17) is 9.47 Å². The molecular formula is C24H25N3O6S. The van der Waals surface area contributed by atoms with Crippen LogP contribution in [0.2, 0.25) is 0 Å². The van der Waals surface area contributed by atoms with Gasteiger partial charge in [-0.15, -0.1) is 0 Å². The second kappa shape index (κ2) is 11.2. The summed E-state index contributed by atoms with van der Waals surface area (Å²) < 4.78 is 38.0. The first-order valence-electron chi connectivity index (χ1n) is 10.3. The lowest BCUT2D eigenvalue weighted by atomic mass is 10.2. The summed E-state index contributed by atoms with van der Waals surface area (Å²) in [6.45, 7) is 0.0921. The Morgan fingerprint density at radius 1 is 0.824 bits per heavy atom. The molecule has 10 heteroatoms. The van der Waals surface area contributed by atoms with Crippen molar-refractivity contribution >= 4 is 27.5 Å². The molecule has 0 spiro atoms. The molecule has 2 amide bonds. The number of carbonyl (C=O) groups is 2. The molecule has 0 atom stereocenters. The topological polar surface area (TPSA) is 123 Å². The summed E-state index contributed by atoms with van der Waals surface area (Å²) in [6, 6.07) is 19.3. The lowest BCUT2D eigenvalue weighted by molar-refractivity contribution is -0.120. The van der Waals surface area contributed by atoms with E-state index in [1.165, 1.54) is 31.4 Å². The van der Waals surface area contributed by atoms with Gasteiger partial charge in [0.25, 0.3) is 15.9 Å². The Balaban J connectivity index is 1.53. The largest absolute Gasteiger partial charge is 0.497 e. The maximum Gasteiger partial charge on any atom is 0.262 e. The first-order chi connectivity index (χ1) is 16.3. The van der Waals surface area contributed by atoms with Crippen LogP contribution in [0.4, 0.5) is 5.69 Å². The number of methoxy groups -OCH3 is 2. The predicted molar refractivity (Wildman–Crippen MR) is 127 cm³/mol. The Bertz CT molecular complexity index is 1240. The van der Waals surface area contributed by atoms with E-state index in [0.29, 0.717) is 18.0 Å². The fourth-order valence-electron chi connectivity index (χ4n) is 2.99. The van der Waals surface area contributed by atoms with Crippen LogP contribution in [0.5, 0.6) is 11.5 Å². The highest BCUT2D eigenvalue weighted by Crippen LogP contribution is 2.26. The molecule has 3 aromatic rings. The minimum atomic E-state index is -3.89. The van der Waals surface area contributed by atoms with E-state index in [1.54, 1.807) is 43.5 Å². The van der Waals surface area contributed by atoms with Gasteiger partial charge in [-0.3, -0.25) is 14.3 Å². The number of rotatable bonds is 10. The number of para-hydroxylation sites is 2. The third-order valence-electron chi connectivity index (χ3n) is 4.84. The van der Waals surface area contributed by atoms with Crippen LogP contribution in [0.1, 0.15) is 15.9 Å². The van der Waals surface area contributed by atoms with Crippen molar-refractivity contribution in [2.45, 2.75) is 11.4 Å². The van der Waals surface area contributed by atoms with E-state index >= 15 is 0 Å². The average Bonchev–Trinajstić information content (AvgIpc) is 2.86. The summed E-state index contributed by atoms with van der Waals surface area (Å²) in [7, 11) is -0.867. The molecule has 0 saturated heterocycles. The zero-order valence-electron chi connectivity index (χ0n) is 18.7. The van der Waals surface area contributed by atoms with Gasteiger partial charge in [0.15, 0.2) is 0 Å². The second-order valence-electron chi connectivity index (χ2n) is 7.14. The molecule has 0 aromatic heterocycles. The number of amides is 2. The fourth-order valence-corrected chi connectivity index (χ4v) is 4.06. The van der Waals surface area contributed by atoms with Crippen molar-refractivity contribution in [3.8, 4) is 11.5 Å². The maximum atomic E-state index is 12.7. The van der Waals surface area contributed by atoms with E-state index in [-0.39, 0.29) is 22.9 Å². The number of anilines is 1. The zero-order valence-corrected chi connectivity index (χ0v) is 19.5. The van der Waals surface area contributed by atoms with Crippen molar-refractivity contribution < 1.29 is 27.5 Å². The van der Waals surface area contributed by atoms with Crippen molar-refractivity contribution in [2.24, 2.45) is 0 Å². The number of hydrogen-bond donors (Lipinski definition) is 3. The predicted octanol–water partition coefficient (Wildman–Crippen LogP) is 2.55. The van der Waals surface area contributed by atoms with Crippen LogP contribution in [-0.2, 0) is 21.4 Å². The van der Waals surface area contributed by atoms with Crippen LogP contribution in [-0.4, -0.2) is 41.0 Å². The lowest BCUT2D eigenvalue weighted by Crippen LogP contribution is -2.36. The Morgan fingerprint density at radius 3 is 2.15 bits per heavy atom. The Morgan fingerprint density at radius 2 is 1.50 bits per heavy atom. The first-order valence-corrected chi connectivity index (χ1v) is 11.7. The number of carbonyl (C=O) groups excluding carboxylic acids is 2. The number of benzene rings is 3. The van der Waals surface area contributed by atoms with E-state index < -0.39 is 15.9 Å². The molecule has 0 heterocycles. The van der Waals surface area contributed by atoms with Crippen molar-refractivity contribution in [2.75, 3.05) is 25.5 Å². The smallest absolute Gasteiger partial charge is 0.262 e. The molecule has 0 unspecified atom stereocenters. The van der Waals surface area contributed by atoms with Crippen LogP contribution in [0.25, 0.3) is 0 Å². The van der Waals surface area contributed by atoms with Crippen LogP contribution < -0.4 is 24.8 Å². The standard InChI is InChI=1S/C24H25N3O6S/c1-32-19-11-7-17(8-12-19)15-25-23(28)16-26-24(29)18-9-13-20(14-10-18)34(30,31)27-21-5-3-4-6-22(21)33-2/h3-14,27H,15-16H2,1-2H3,(H,25,28)(H,26,29). The molecule has 3 N–H and O–H groups in total. The van der Waals surface area contributed by atoms with E-state index in [2.05, 4.69) is 15.4 Å². The van der Waals surface area contributed by atoms with Crippen LogP contribution in [0, 0.1) is 0 Å². The van der Waals surface area contributed by atoms with Crippen molar-refractivity contribution in [1.82, 2.24) is 10.6 Å². The molecule has 0 saturated carbocycles. The fraction of sp³-hybridized carbons (Fsp3) is 0.167. The Hall–Kier alpha value is -4.05. The van der Waals surface area contributed by atoms with Crippen molar-refractivity contribution in [3.05, 3.63) is 83.9 Å². The van der Waals surface area contributed by atoms with Gasteiger partial charge < -0.3 is 20.1 Å². The van der Waals surface area contributed by atoms with Gasteiger partial charge >= 0.3 is 0 Å². The van der Waals surface area contributed by atoms with Gasteiger partial charge in [-0.05, 0) is 54.1 Å².